The number of hydrogen-bond acceptors (Lipinski definition) is 6. The summed E-state index contributed by atoms with van der Waals surface area (Å²) in [5, 5.41) is 0. The van der Waals surface area contributed by atoms with Crippen LogP contribution in [0.5, 0.6) is 5.88 Å². The molecule has 0 radical (unpaired) electrons. The normalized spacial score (nSPS) is 16.8. The molecule has 0 aromatic carbocycles. The van der Waals surface area contributed by atoms with Crippen molar-refractivity contribution in [3.8, 4) is 5.88 Å². The third kappa shape index (κ3) is 3.55. The van der Waals surface area contributed by atoms with Gasteiger partial charge in [-0.05, 0) is 25.8 Å². The van der Waals surface area contributed by atoms with E-state index in [1.807, 2.05) is 36.9 Å². The van der Waals surface area contributed by atoms with E-state index in [0.717, 1.165) is 30.9 Å². The highest BCUT2D eigenvalue weighted by atomic mass is 16.5. The van der Waals surface area contributed by atoms with Crippen molar-refractivity contribution < 1.29 is 9.53 Å². The number of carbonyl (C=O) groups excluding carboxylic acids is 1. The molecular formula is C18H23N5O2. The molecule has 0 bridgehead atoms. The molecule has 1 amide bonds. The summed E-state index contributed by atoms with van der Waals surface area (Å²) in [5.74, 6) is 2.04. The van der Waals surface area contributed by atoms with Crippen molar-refractivity contribution in [2.45, 2.75) is 25.8 Å². The van der Waals surface area contributed by atoms with Crippen LogP contribution in [0.15, 0.2) is 24.4 Å². The maximum absolute atomic E-state index is 12.9. The summed E-state index contributed by atoms with van der Waals surface area (Å²) in [4.78, 5) is 29.9. The summed E-state index contributed by atoms with van der Waals surface area (Å²) in [7, 11) is 5.46. The van der Waals surface area contributed by atoms with Crippen LogP contribution in [0, 0.1) is 6.92 Å². The van der Waals surface area contributed by atoms with E-state index in [2.05, 4.69) is 15.0 Å². The van der Waals surface area contributed by atoms with E-state index in [1.165, 1.54) is 0 Å². The van der Waals surface area contributed by atoms with Crippen LogP contribution in [0.4, 0.5) is 5.82 Å². The summed E-state index contributed by atoms with van der Waals surface area (Å²) < 4.78 is 5.06. The molecule has 1 atom stereocenters. The fourth-order valence-electron chi connectivity index (χ4n) is 3.08. The molecule has 3 rings (SSSR count). The molecular weight excluding hydrogens is 318 g/mol. The number of carbonyl (C=O) groups is 1. The highest BCUT2D eigenvalue weighted by molar-refractivity contribution is 5.94. The van der Waals surface area contributed by atoms with E-state index in [9.17, 15) is 4.79 Å². The number of methoxy groups -OCH3 is 1. The molecule has 2 aromatic heterocycles. The first-order valence-electron chi connectivity index (χ1n) is 8.33. The molecule has 0 aliphatic carbocycles. The smallest absolute Gasteiger partial charge is 0.255 e. The summed E-state index contributed by atoms with van der Waals surface area (Å²) in [5.41, 5.74) is 1.45. The molecule has 3 heterocycles. The topological polar surface area (TPSA) is 71.5 Å². The van der Waals surface area contributed by atoms with E-state index in [4.69, 9.17) is 4.74 Å². The Morgan fingerprint density at radius 1 is 1.32 bits per heavy atom. The zero-order valence-corrected chi connectivity index (χ0v) is 15.1. The van der Waals surface area contributed by atoms with Gasteiger partial charge in [0, 0.05) is 39.0 Å². The van der Waals surface area contributed by atoms with E-state index in [-0.39, 0.29) is 11.9 Å². The first-order valence-corrected chi connectivity index (χ1v) is 8.33. The lowest BCUT2D eigenvalue weighted by molar-refractivity contribution is 0.0732. The SMILES string of the molecule is COc1ccc(C(=O)N2CCCC2c2cc(N(C)C)nc(C)n2)cn1. The minimum atomic E-state index is -0.0324. The minimum Gasteiger partial charge on any atom is -0.481 e. The zero-order chi connectivity index (χ0) is 18.0. The quantitative estimate of drug-likeness (QED) is 0.849. The predicted octanol–water partition coefficient (Wildman–Crippen LogP) is 2.23. The Kier molecular flexibility index (Phi) is 4.83. The van der Waals surface area contributed by atoms with Crippen molar-refractivity contribution in [3.05, 3.63) is 41.5 Å². The molecule has 1 unspecified atom stereocenters. The van der Waals surface area contributed by atoms with E-state index >= 15 is 0 Å². The van der Waals surface area contributed by atoms with Crippen LogP contribution in [0.3, 0.4) is 0 Å². The molecule has 7 heteroatoms. The molecule has 1 saturated heterocycles. The van der Waals surface area contributed by atoms with E-state index in [1.54, 1.807) is 25.4 Å². The number of rotatable bonds is 4. The van der Waals surface area contributed by atoms with Gasteiger partial charge >= 0.3 is 0 Å². The van der Waals surface area contributed by atoms with Crippen molar-refractivity contribution in [1.82, 2.24) is 19.9 Å². The second-order valence-electron chi connectivity index (χ2n) is 6.34. The highest BCUT2D eigenvalue weighted by Crippen LogP contribution is 2.33. The maximum atomic E-state index is 12.9. The Morgan fingerprint density at radius 2 is 2.12 bits per heavy atom. The van der Waals surface area contributed by atoms with Gasteiger partial charge in [-0.15, -0.1) is 0 Å². The molecule has 7 nitrogen and oxygen atoms in total. The van der Waals surface area contributed by atoms with E-state index in [0.29, 0.717) is 17.3 Å². The van der Waals surface area contributed by atoms with Gasteiger partial charge in [0.15, 0.2) is 0 Å². The van der Waals surface area contributed by atoms with Crippen molar-refractivity contribution in [1.29, 1.82) is 0 Å². The Labute approximate surface area is 147 Å². The number of pyridine rings is 1. The van der Waals surface area contributed by atoms with Gasteiger partial charge in [0.2, 0.25) is 5.88 Å². The average Bonchev–Trinajstić information content (AvgIpc) is 3.10. The van der Waals surface area contributed by atoms with Gasteiger partial charge in [0.25, 0.3) is 5.91 Å². The van der Waals surface area contributed by atoms with Gasteiger partial charge < -0.3 is 14.5 Å². The highest BCUT2D eigenvalue weighted by Gasteiger charge is 2.32. The Balaban J connectivity index is 1.88. The summed E-state index contributed by atoms with van der Waals surface area (Å²) in [6.07, 6.45) is 3.42. The minimum absolute atomic E-state index is 0.0275. The van der Waals surface area contributed by atoms with Gasteiger partial charge in [0.05, 0.1) is 24.4 Å². The van der Waals surface area contributed by atoms with Crippen LogP contribution in [0.1, 0.15) is 40.8 Å². The van der Waals surface area contributed by atoms with Gasteiger partial charge in [-0.25, -0.2) is 15.0 Å². The Hall–Kier alpha value is -2.70. The Bertz CT molecular complexity index is 761. The molecule has 132 valence electrons. The molecule has 0 N–H and O–H groups in total. The third-order valence-corrected chi connectivity index (χ3v) is 4.35. The number of nitrogens with zero attached hydrogens (tertiary/aromatic N) is 5. The zero-order valence-electron chi connectivity index (χ0n) is 15.1. The number of hydrogen-bond donors (Lipinski definition) is 0. The number of likely N-dealkylation sites (tertiary alicyclic amines) is 1. The van der Waals surface area contributed by atoms with Crippen molar-refractivity contribution >= 4 is 11.7 Å². The summed E-state index contributed by atoms with van der Waals surface area (Å²) in [6, 6.07) is 5.39. The van der Waals surface area contributed by atoms with Crippen molar-refractivity contribution in [2.24, 2.45) is 0 Å². The second-order valence-corrected chi connectivity index (χ2v) is 6.34. The van der Waals surface area contributed by atoms with Crippen LogP contribution in [-0.4, -0.2) is 53.5 Å². The molecule has 25 heavy (non-hydrogen) atoms. The van der Waals surface area contributed by atoms with E-state index < -0.39 is 0 Å². The third-order valence-electron chi connectivity index (χ3n) is 4.35. The first kappa shape index (κ1) is 17.1. The maximum Gasteiger partial charge on any atom is 0.255 e. The van der Waals surface area contributed by atoms with Crippen LogP contribution >= 0.6 is 0 Å². The van der Waals surface area contributed by atoms with Gasteiger partial charge in [-0.1, -0.05) is 0 Å². The largest absolute Gasteiger partial charge is 0.481 e. The first-order chi connectivity index (χ1) is 12.0. The molecule has 1 fully saturated rings. The standard InChI is InChI=1S/C18H23N5O2/c1-12-20-14(10-16(21-12)22(2)3)15-6-5-9-23(15)18(24)13-7-8-17(25-4)19-11-13/h7-8,10-11,15H,5-6,9H2,1-4H3. The fourth-order valence-corrected chi connectivity index (χ4v) is 3.08. The monoisotopic (exact) mass is 341 g/mol. The van der Waals surface area contributed by atoms with Crippen LogP contribution in [0.2, 0.25) is 0 Å². The fraction of sp³-hybridized carbons (Fsp3) is 0.444. The van der Waals surface area contributed by atoms with Crippen LogP contribution in [-0.2, 0) is 0 Å². The lowest BCUT2D eigenvalue weighted by Crippen LogP contribution is -2.31. The summed E-state index contributed by atoms with van der Waals surface area (Å²) >= 11 is 0. The number of anilines is 1. The van der Waals surface area contributed by atoms with Gasteiger partial charge in [-0.3, -0.25) is 4.79 Å². The number of aryl methyl sites for hydroxylation is 1. The lowest BCUT2D eigenvalue weighted by atomic mass is 10.1. The van der Waals surface area contributed by atoms with Gasteiger partial charge in [-0.2, -0.15) is 0 Å². The van der Waals surface area contributed by atoms with Crippen molar-refractivity contribution in [2.75, 3.05) is 32.6 Å². The molecule has 2 aromatic rings. The number of amides is 1. The van der Waals surface area contributed by atoms with Gasteiger partial charge in [0.1, 0.15) is 11.6 Å². The summed E-state index contributed by atoms with van der Waals surface area (Å²) in [6.45, 7) is 2.60. The van der Waals surface area contributed by atoms with Crippen molar-refractivity contribution in [3.63, 3.8) is 0 Å². The molecule has 1 aliphatic heterocycles. The molecule has 1 aliphatic rings. The second kappa shape index (κ2) is 7.04. The molecule has 0 saturated carbocycles. The van der Waals surface area contributed by atoms with Crippen LogP contribution in [0.25, 0.3) is 0 Å². The Morgan fingerprint density at radius 3 is 2.76 bits per heavy atom. The predicted molar refractivity (Wildman–Crippen MR) is 94.9 cm³/mol. The lowest BCUT2D eigenvalue weighted by Gasteiger charge is -2.25. The molecule has 0 spiro atoms. The number of aromatic nitrogens is 3. The number of ether oxygens (including phenoxy) is 1. The van der Waals surface area contributed by atoms with Crippen LogP contribution < -0.4 is 9.64 Å². The average molecular weight is 341 g/mol.